The number of nitrogens with zero attached hydrogens (tertiary/aromatic N) is 1. The number of halogens is 2. The lowest BCUT2D eigenvalue weighted by atomic mass is 10.0. The van der Waals surface area contributed by atoms with Gasteiger partial charge in [0, 0.05) is 6.54 Å². The van der Waals surface area contributed by atoms with E-state index in [0.29, 0.717) is 12.0 Å². The van der Waals surface area contributed by atoms with Crippen LogP contribution in [0.1, 0.15) is 28.4 Å². The smallest absolute Gasteiger partial charge is 0.259 e. The zero-order valence-corrected chi connectivity index (χ0v) is 11.8. The summed E-state index contributed by atoms with van der Waals surface area (Å²) in [6, 6.07) is 7.15. The number of furan rings is 1. The zero-order valence-electron chi connectivity index (χ0n) is 11.0. The van der Waals surface area contributed by atoms with Gasteiger partial charge in [-0.1, -0.05) is 12.1 Å². The van der Waals surface area contributed by atoms with Crippen molar-refractivity contribution in [1.29, 1.82) is 0 Å². The van der Waals surface area contributed by atoms with Gasteiger partial charge < -0.3 is 14.4 Å². The molecule has 0 radical (unpaired) electrons. The molecule has 1 N–H and O–H groups in total. The molecular formula is C15H13ClFNO3. The Labute approximate surface area is 125 Å². The van der Waals surface area contributed by atoms with Crippen LogP contribution in [0.15, 0.2) is 41.0 Å². The van der Waals surface area contributed by atoms with Gasteiger partial charge in [-0.05, 0) is 41.8 Å². The van der Waals surface area contributed by atoms with Crippen LogP contribution in [-0.4, -0.2) is 28.6 Å². The first-order valence-corrected chi connectivity index (χ1v) is 6.91. The molecule has 1 saturated heterocycles. The van der Waals surface area contributed by atoms with E-state index in [1.807, 2.05) is 0 Å². The molecule has 2 aromatic rings. The summed E-state index contributed by atoms with van der Waals surface area (Å²) < 4.78 is 18.3. The van der Waals surface area contributed by atoms with Gasteiger partial charge in [-0.3, -0.25) is 4.79 Å². The maximum absolute atomic E-state index is 13.4. The van der Waals surface area contributed by atoms with Gasteiger partial charge >= 0.3 is 0 Å². The monoisotopic (exact) mass is 309 g/mol. The van der Waals surface area contributed by atoms with Crippen molar-refractivity contribution in [3.63, 3.8) is 0 Å². The van der Waals surface area contributed by atoms with E-state index in [4.69, 9.17) is 16.0 Å². The van der Waals surface area contributed by atoms with E-state index in [0.717, 1.165) is 0 Å². The van der Waals surface area contributed by atoms with E-state index >= 15 is 0 Å². The molecule has 2 atom stereocenters. The molecule has 21 heavy (non-hydrogen) atoms. The highest BCUT2D eigenvalue weighted by Gasteiger charge is 2.36. The molecule has 0 unspecified atom stereocenters. The van der Waals surface area contributed by atoms with E-state index in [1.54, 1.807) is 12.1 Å². The summed E-state index contributed by atoms with van der Waals surface area (Å²) in [6.07, 6.45) is 1.05. The Balaban J connectivity index is 1.93. The number of hydrogen-bond donors (Lipinski definition) is 1. The molecule has 1 aliphatic rings. The SMILES string of the molecule is O=C(c1ccoc1Cl)N1C[C@@H](O)C[C@H]1c1cccc(F)c1. The van der Waals surface area contributed by atoms with Crippen molar-refractivity contribution >= 4 is 17.5 Å². The molecule has 110 valence electrons. The number of carbonyl (C=O) groups is 1. The van der Waals surface area contributed by atoms with Gasteiger partial charge in [0.15, 0.2) is 0 Å². The molecule has 1 amide bonds. The third kappa shape index (κ3) is 2.66. The second-order valence-electron chi connectivity index (χ2n) is 5.03. The van der Waals surface area contributed by atoms with Crippen molar-refractivity contribution in [2.75, 3.05) is 6.54 Å². The number of rotatable bonds is 2. The Kier molecular flexibility index (Phi) is 3.69. The van der Waals surface area contributed by atoms with Crippen molar-refractivity contribution in [1.82, 2.24) is 4.90 Å². The van der Waals surface area contributed by atoms with Gasteiger partial charge in [0.2, 0.25) is 5.22 Å². The maximum Gasteiger partial charge on any atom is 0.259 e. The fourth-order valence-electron chi connectivity index (χ4n) is 2.67. The summed E-state index contributed by atoms with van der Waals surface area (Å²) in [5, 5.41) is 9.89. The van der Waals surface area contributed by atoms with Gasteiger partial charge in [0.25, 0.3) is 5.91 Å². The summed E-state index contributed by atoms with van der Waals surface area (Å²) in [5.41, 5.74) is 0.895. The lowest BCUT2D eigenvalue weighted by Crippen LogP contribution is -2.31. The first-order valence-electron chi connectivity index (χ1n) is 6.53. The second-order valence-corrected chi connectivity index (χ2v) is 5.37. The molecular weight excluding hydrogens is 297 g/mol. The number of aliphatic hydroxyl groups is 1. The van der Waals surface area contributed by atoms with Crippen LogP contribution in [0.4, 0.5) is 4.39 Å². The molecule has 6 heteroatoms. The predicted molar refractivity (Wildman–Crippen MR) is 74.5 cm³/mol. The summed E-state index contributed by atoms with van der Waals surface area (Å²) in [7, 11) is 0. The molecule has 1 aromatic carbocycles. The highest BCUT2D eigenvalue weighted by atomic mass is 35.5. The first-order chi connectivity index (χ1) is 10.1. The number of aliphatic hydroxyl groups excluding tert-OH is 1. The van der Waals surface area contributed by atoms with Crippen molar-refractivity contribution in [3.8, 4) is 0 Å². The van der Waals surface area contributed by atoms with Crippen LogP contribution in [0, 0.1) is 5.82 Å². The minimum atomic E-state index is -0.645. The van der Waals surface area contributed by atoms with Crippen molar-refractivity contribution < 1.29 is 18.7 Å². The van der Waals surface area contributed by atoms with Crippen molar-refractivity contribution in [3.05, 3.63) is 58.8 Å². The fraction of sp³-hybridized carbons (Fsp3) is 0.267. The number of amides is 1. The lowest BCUT2D eigenvalue weighted by Gasteiger charge is -2.24. The van der Waals surface area contributed by atoms with Crippen LogP contribution in [0.25, 0.3) is 0 Å². The molecule has 4 nitrogen and oxygen atoms in total. The third-order valence-corrected chi connectivity index (χ3v) is 3.91. The van der Waals surface area contributed by atoms with E-state index in [1.165, 1.54) is 29.4 Å². The average molecular weight is 310 g/mol. The largest absolute Gasteiger partial charge is 0.452 e. The van der Waals surface area contributed by atoms with E-state index in [2.05, 4.69) is 0 Å². The van der Waals surface area contributed by atoms with E-state index in [9.17, 15) is 14.3 Å². The Morgan fingerprint density at radius 3 is 2.90 bits per heavy atom. The second kappa shape index (κ2) is 5.50. The molecule has 0 bridgehead atoms. The molecule has 0 spiro atoms. The first kappa shape index (κ1) is 14.1. The molecule has 1 aliphatic heterocycles. The van der Waals surface area contributed by atoms with Crippen LogP contribution in [0.3, 0.4) is 0 Å². The topological polar surface area (TPSA) is 53.7 Å². The lowest BCUT2D eigenvalue weighted by molar-refractivity contribution is 0.0715. The standard InChI is InChI=1S/C15H13ClFNO3/c16-14-12(4-5-21-14)15(20)18-8-11(19)7-13(18)9-2-1-3-10(17)6-9/h1-6,11,13,19H,7-8H2/t11-,13-/m0/s1. The molecule has 0 saturated carbocycles. The highest BCUT2D eigenvalue weighted by molar-refractivity contribution is 6.32. The predicted octanol–water partition coefficient (Wildman–Crippen LogP) is 3.02. The average Bonchev–Trinajstić information content (AvgIpc) is 3.04. The zero-order chi connectivity index (χ0) is 15.0. The minimum absolute atomic E-state index is 0.0133. The number of benzene rings is 1. The Morgan fingerprint density at radius 2 is 2.24 bits per heavy atom. The normalized spacial score (nSPS) is 21.8. The molecule has 2 heterocycles. The number of likely N-dealkylation sites (tertiary alicyclic amines) is 1. The maximum atomic E-state index is 13.4. The van der Waals surface area contributed by atoms with Gasteiger partial charge in [-0.2, -0.15) is 0 Å². The van der Waals surface area contributed by atoms with Gasteiger partial charge in [0.05, 0.1) is 24.0 Å². The third-order valence-electron chi connectivity index (χ3n) is 3.62. The van der Waals surface area contributed by atoms with Crippen LogP contribution in [0.5, 0.6) is 0 Å². The summed E-state index contributed by atoms with van der Waals surface area (Å²) >= 11 is 5.83. The Morgan fingerprint density at radius 1 is 1.43 bits per heavy atom. The summed E-state index contributed by atoms with van der Waals surface area (Å²) in [6.45, 7) is 0.182. The molecule has 1 aromatic heterocycles. The highest BCUT2D eigenvalue weighted by Crippen LogP contribution is 2.34. The van der Waals surface area contributed by atoms with E-state index < -0.39 is 6.10 Å². The quantitative estimate of drug-likeness (QED) is 0.927. The molecule has 0 aliphatic carbocycles. The van der Waals surface area contributed by atoms with Crippen LogP contribution in [-0.2, 0) is 0 Å². The van der Waals surface area contributed by atoms with Crippen LogP contribution < -0.4 is 0 Å². The van der Waals surface area contributed by atoms with E-state index in [-0.39, 0.29) is 35.1 Å². The number of hydrogen-bond acceptors (Lipinski definition) is 3. The minimum Gasteiger partial charge on any atom is -0.452 e. The molecule has 1 fully saturated rings. The fourth-order valence-corrected chi connectivity index (χ4v) is 2.86. The molecule has 3 rings (SSSR count). The van der Waals surface area contributed by atoms with Crippen LogP contribution >= 0.6 is 11.6 Å². The summed E-state index contributed by atoms with van der Waals surface area (Å²) in [5.74, 6) is -0.706. The van der Waals surface area contributed by atoms with Crippen LogP contribution in [0.2, 0.25) is 5.22 Å². The number of carbonyl (C=O) groups excluding carboxylic acids is 1. The van der Waals surface area contributed by atoms with Gasteiger partial charge in [0.1, 0.15) is 5.82 Å². The van der Waals surface area contributed by atoms with Gasteiger partial charge in [-0.25, -0.2) is 4.39 Å². The Bertz CT molecular complexity index is 672. The van der Waals surface area contributed by atoms with Gasteiger partial charge in [-0.15, -0.1) is 0 Å². The summed E-state index contributed by atoms with van der Waals surface area (Å²) in [4.78, 5) is 14.0. The Hall–Kier alpha value is -1.85. The van der Waals surface area contributed by atoms with Crippen molar-refractivity contribution in [2.45, 2.75) is 18.6 Å². The number of β-amino-alcohol motifs (C(OH)–C–C–N with tert-alkyl or cyclic N) is 1. The van der Waals surface area contributed by atoms with Crippen molar-refractivity contribution in [2.24, 2.45) is 0 Å².